The first kappa shape index (κ1) is 18.1. The number of carbonyl (C=O) groups excluding carboxylic acids is 2. The highest BCUT2D eigenvalue weighted by atomic mass is 79.9. The van der Waals surface area contributed by atoms with Gasteiger partial charge in [-0.05, 0) is 51.3 Å². The molecule has 1 aliphatic carbocycles. The Bertz CT molecular complexity index is 762. The standard InChI is InChI=1S/C20H22BrNO3/c1-11(2)25-20(24)17-12(3)22-15-5-4-6-16(23)19(15)18(17)13-7-9-14(21)10-8-13/h7-11,17-18H,4-6H2,1-3H3/t17?,18-/m0/s1. The molecule has 0 saturated carbocycles. The van der Waals surface area contributed by atoms with E-state index in [0.29, 0.717) is 12.0 Å². The molecule has 0 spiro atoms. The minimum absolute atomic E-state index is 0.104. The van der Waals surface area contributed by atoms with E-state index in [1.807, 2.05) is 45.0 Å². The lowest BCUT2D eigenvalue weighted by Gasteiger charge is -2.34. The molecule has 2 aliphatic rings. The normalized spacial score (nSPS) is 23.4. The molecule has 1 heterocycles. The van der Waals surface area contributed by atoms with Crippen LogP contribution in [0, 0.1) is 5.92 Å². The predicted molar refractivity (Wildman–Crippen MR) is 101 cm³/mol. The fourth-order valence-electron chi connectivity index (χ4n) is 3.65. The molecule has 3 rings (SSSR count). The van der Waals surface area contributed by atoms with E-state index in [4.69, 9.17) is 4.74 Å². The number of ether oxygens (including phenoxy) is 1. The summed E-state index contributed by atoms with van der Waals surface area (Å²) >= 11 is 3.44. The molecule has 132 valence electrons. The van der Waals surface area contributed by atoms with Crippen molar-refractivity contribution < 1.29 is 14.3 Å². The first-order chi connectivity index (χ1) is 11.9. The van der Waals surface area contributed by atoms with Crippen molar-refractivity contribution in [2.45, 2.75) is 52.1 Å². The quantitative estimate of drug-likeness (QED) is 0.693. The van der Waals surface area contributed by atoms with Gasteiger partial charge in [-0.25, -0.2) is 0 Å². The van der Waals surface area contributed by atoms with E-state index in [9.17, 15) is 9.59 Å². The molecule has 0 radical (unpaired) electrons. The van der Waals surface area contributed by atoms with Gasteiger partial charge in [0, 0.05) is 33.8 Å². The number of aliphatic imine (C=N–C) groups is 1. The van der Waals surface area contributed by atoms with Crippen molar-refractivity contribution in [3.05, 3.63) is 45.6 Å². The van der Waals surface area contributed by atoms with E-state index in [-0.39, 0.29) is 23.8 Å². The molecule has 1 aromatic rings. The van der Waals surface area contributed by atoms with Crippen LogP contribution in [0.4, 0.5) is 0 Å². The number of benzene rings is 1. The summed E-state index contributed by atoms with van der Waals surface area (Å²) in [5, 5.41) is 0. The molecule has 0 saturated heterocycles. The number of ketones is 1. The van der Waals surface area contributed by atoms with Crippen LogP contribution in [0.25, 0.3) is 0 Å². The number of nitrogens with zero attached hydrogens (tertiary/aromatic N) is 1. The number of rotatable bonds is 3. The third-order valence-electron chi connectivity index (χ3n) is 4.67. The van der Waals surface area contributed by atoms with Gasteiger partial charge in [-0.3, -0.25) is 14.6 Å². The summed E-state index contributed by atoms with van der Waals surface area (Å²) in [7, 11) is 0. The molecule has 1 unspecified atom stereocenters. The minimum atomic E-state index is -0.552. The third-order valence-corrected chi connectivity index (χ3v) is 5.20. The Hall–Kier alpha value is -1.75. The molecule has 0 amide bonds. The minimum Gasteiger partial charge on any atom is -0.462 e. The summed E-state index contributed by atoms with van der Waals surface area (Å²) < 4.78 is 6.45. The number of hydrogen-bond acceptors (Lipinski definition) is 4. The zero-order valence-electron chi connectivity index (χ0n) is 14.7. The van der Waals surface area contributed by atoms with E-state index in [2.05, 4.69) is 20.9 Å². The number of allylic oxidation sites excluding steroid dienone is 2. The number of Topliss-reactive ketones (excluding diaryl/α,β-unsaturated/α-hetero) is 1. The summed E-state index contributed by atoms with van der Waals surface area (Å²) in [6, 6.07) is 7.81. The van der Waals surface area contributed by atoms with Crippen LogP contribution in [-0.2, 0) is 14.3 Å². The molecule has 5 heteroatoms. The summed E-state index contributed by atoms with van der Waals surface area (Å²) in [6.07, 6.45) is 1.93. The van der Waals surface area contributed by atoms with Gasteiger partial charge in [0.2, 0.25) is 0 Å². The largest absolute Gasteiger partial charge is 0.462 e. The first-order valence-electron chi connectivity index (χ1n) is 8.66. The van der Waals surface area contributed by atoms with Gasteiger partial charge in [0.1, 0.15) is 5.92 Å². The number of halogens is 1. The van der Waals surface area contributed by atoms with E-state index >= 15 is 0 Å². The molecule has 1 aliphatic heterocycles. The summed E-state index contributed by atoms with van der Waals surface area (Å²) in [5.41, 5.74) is 3.22. The van der Waals surface area contributed by atoms with Gasteiger partial charge in [0.25, 0.3) is 0 Å². The molecule has 0 bridgehead atoms. The van der Waals surface area contributed by atoms with Crippen molar-refractivity contribution in [2.75, 3.05) is 0 Å². The van der Waals surface area contributed by atoms with Crippen LogP contribution < -0.4 is 0 Å². The topological polar surface area (TPSA) is 55.7 Å². The predicted octanol–water partition coefficient (Wildman–Crippen LogP) is 4.58. The van der Waals surface area contributed by atoms with Crippen LogP contribution in [0.5, 0.6) is 0 Å². The average Bonchev–Trinajstić information content (AvgIpc) is 2.53. The number of hydrogen-bond donors (Lipinski definition) is 0. The Morgan fingerprint density at radius 2 is 1.92 bits per heavy atom. The lowest BCUT2D eigenvalue weighted by atomic mass is 9.72. The molecule has 2 atom stereocenters. The maximum atomic E-state index is 12.8. The Kier molecular flexibility index (Phi) is 5.23. The van der Waals surface area contributed by atoms with Crippen LogP contribution in [0.1, 0.15) is 51.5 Å². The molecule has 0 fully saturated rings. The van der Waals surface area contributed by atoms with Gasteiger partial charge in [0.15, 0.2) is 5.78 Å². The van der Waals surface area contributed by atoms with Crippen molar-refractivity contribution >= 4 is 33.4 Å². The van der Waals surface area contributed by atoms with Crippen LogP contribution in [0.2, 0.25) is 0 Å². The van der Waals surface area contributed by atoms with Crippen LogP contribution in [-0.4, -0.2) is 23.6 Å². The highest BCUT2D eigenvalue weighted by Gasteiger charge is 2.43. The van der Waals surface area contributed by atoms with Crippen molar-refractivity contribution in [1.29, 1.82) is 0 Å². The molecule has 0 aromatic heterocycles. The van der Waals surface area contributed by atoms with Gasteiger partial charge in [-0.15, -0.1) is 0 Å². The maximum Gasteiger partial charge on any atom is 0.315 e. The molecule has 4 nitrogen and oxygen atoms in total. The monoisotopic (exact) mass is 403 g/mol. The smallest absolute Gasteiger partial charge is 0.315 e. The van der Waals surface area contributed by atoms with Gasteiger partial charge >= 0.3 is 5.97 Å². The molecule has 0 N–H and O–H groups in total. The molecule has 1 aromatic carbocycles. The van der Waals surface area contributed by atoms with Crippen molar-refractivity contribution in [3.63, 3.8) is 0 Å². The Morgan fingerprint density at radius 3 is 2.56 bits per heavy atom. The van der Waals surface area contributed by atoms with Crippen molar-refractivity contribution in [2.24, 2.45) is 10.9 Å². The summed E-state index contributed by atoms with van der Waals surface area (Å²) in [5.74, 6) is -1.08. The van der Waals surface area contributed by atoms with E-state index < -0.39 is 5.92 Å². The summed E-state index contributed by atoms with van der Waals surface area (Å²) in [4.78, 5) is 30.1. The van der Waals surface area contributed by atoms with Crippen LogP contribution in [0.15, 0.2) is 45.0 Å². The van der Waals surface area contributed by atoms with Crippen molar-refractivity contribution in [3.8, 4) is 0 Å². The number of carbonyl (C=O) groups is 2. The Labute approximate surface area is 156 Å². The van der Waals surface area contributed by atoms with Crippen LogP contribution >= 0.6 is 15.9 Å². The van der Waals surface area contributed by atoms with Gasteiger partial charge in [-0.2, -0.15) is 0 Å². The second kappa shape index (κ2) is 7.24. The Morgan fingerprint density at radius 1 is 1.24 bits per heavy atom. The second-order valence-corrected chi connectivity index (χ2v) is 7.80. The van der Waals surface area contributed by atoms with E-state index in [0.717, 1.165) is 34.3 Å². The maximum absolute atomic E-state index is 12.8. The van der Waals surface area contributed by atoms with Gasteiger partial charge < -0.3 is 4.74 Å². The SMILES string of the molecule is CC1=NC2=C(C(=O)CCC2)[C@@H](c2ccc(Br)cc2)C1C(=O)OC(C)C. The number of esters is 1. The van der Waals surface area contributed by atoms with Crippen molar-refractivity contribution in [1.82, 2.24) is 0 Å². The van der Waals surface area contributed by atoms with Gasteiger partial charge in [0.05, 0.1) is 6.10 Å². The molecular weight excluding hydrogens is 382 g/mol. The van der Waals surface area contributed by atoms with E-state index in [1.54, 1.807) is 0 Å². The zero-order valence-corrected chi connectivity index (χ0v) is 16.3. The van der Waals surface area contributed by atoms with Gasteiger partial charge in [-0.1, -0.05) is 28.1 Å². The molecule has 25 heavy (non-hydrogen) atoms. The fraction of sp³-hybridized carbons (Fsp3) is 0.450. The first-order valence-corrected chi connectivity index (χ1v) is 9.45. The summed E-state index contributed by atoms with van der Waals surface area (Å²) in [6.45, 7) is 5.53. The second-order valence-electron chi connectivity index (χ2n) is 6.88. The fourth-order valence-corrected chi connectivity index (χ4v) is 3.91. The zero-order chi connectivity index (χ0) is 18.1. The molecular formula is C20H22BrNO3. The Balaban J connectivity index is 2.12. The van der Waals surface area contributed by atoms with E-state index in [1.165, 1.54) is 0 Å². The third kappa shape index (κ3) is 3.61. The lowest BCUT2D eigenvalue weighted by Crippen LogP contribution is -2.38. The lowest BCUT2D eigenvalue weighted by molar-refractivity contribution is -0.150. The van der Waals surface area contributed by atoms with Crippen LogP contribution in [0.3, 0.4) is 0 Å². The average molecular weight is 404 g/mol. The highest BCUT2D eigenvalue weighted by Crippen LogP contribution is 2.43. The highest BCUT2D eigenvalue weighted by molar-refractivity contribution is 9.10.